The minimum absolute atomic E-state index is 0.274. The van der Waals surface area contributed by atoms with Crippen LogP contribution in [0.25, 0.3) is 0 Å². The Morgan fingerprint density at radius 2 is 1.96 bits per heavy atom. The summed E-state index contributed by atoms with van der Waals surface area (Å²) >= 11 is 0. The summed E-state index contributed by atoms with van der Waals surface area (Å²) in [5, 5.41) is 6.05. The highest BCUT2D eigenvalue weighted by molar-refractivity contribution is 5.91. The van der Waals surface area contributed by atoms with Crippen LogP contribution in [0.3, 0.4) is 0 Å². The molecule has 0 unspecified atom stereocenters. The van der Waals surface area contributed by atoms with Crippen LogP contribution in [0.5, 0.6) is 0 Å². The Hall–Kier alpha value is -2.54. The molecule has 0 bridgehead atoms. The third-order valence-corrected chi connectivity index (χ3v) is 4.65. The van der Waals surface area contributed by atoms with Crippen LogP contribution < -0.4 is 10.6 Å². The SMILES string of the molecule is CNC(=O)c1cnc(NC2CCN(C)CC2)c(Cc2ccc(F)cc2)n1. The lowest BCUT2D eigenvalue weighted by molar-refractivity contribution is 0.0957. The maximum atomic E-state index is 13.2. The second kappa shape index (κ2) is 8.23. The van der Waals surface area contributed by atoms with E-state index < -0.39 is 0 Å². The first-order valence-corrected chi connectivity index (χ1v) is 8.82. The van der Waals surface area contributed by atoms with Gasteiger partial charge in [-0.1, -0.05) is 12.1 Å². The number of anilines is 1. The number of carbonyl (C=O) groups is 1. The van der Waals surface area contributed by atoms with Crippen LogP contribution in [0.2, 0.25) is 0 Å². The van der Waals surface area contributed by atoms with Crippen molar-refractivity contribution < 1.29 is 9.18 Å². The molecule has 138 valence electrons. The van der Waals surface area contributed by atoms with E-state index in [1.807, 2.05) is 0 Å². The number of piperidine rings is 1. The number of amides is 1. The third kappa shape index (κ3) is 4.54. The largest absolute Gasteiger partial charge is 0.366 e. The van der Waals surface area contributed by atoms with E-state index in [1.165, 1.54) is 18.3 Å². The molecule has 1 amide bonds. The molecule has 0 radical (unpaired) electrons. The maximum absolute atomic E-state index is 13.2. The van der Waals surface area contributed by atoms with Crippen molar-refractivity contribution in [2.75, 3.05) is 32.5 Å². The molecule has 1 fully saturated rings. The highest BCUT2D eigenvalue weighted by Crippen LogP contribution is 2.20. The van der Waals surface area contributed by atoms with Gasteiger partial charge in [0, 0.05) is 19.5 Å². The number of likely N-dealkylation sites (tertiary alicyclic amines) is 1. The Kier molecular flexibility index (Phi) is 5.78. The van der Waals surface area contributed by atoms with Crippen LogP contribution in [0, 0.1) is 5.82 Å². The summed E-state index contributed by atoms with van der Waals surface area (Å²) < 4.78 is 13.2. The molecular formula is C19H24FN5O. The fourth-order valence-corrected chi connectivity index (χ4v) is 3.05. The molecule has 1 aromatic heterocycles. The molecular weight excluding hydrogens is 333 g/mol. The first-order valence-electron chi connectivity index (χ1n) is 8.82. The molecule has 0 aliphatic carbocycles. The van der Waals surface area contributed by atoms with Gasteiger partial charge in [0.05, 0.1) is 11.9 Å². The summed E-state index contributed by atoms with van der Waals surface area (Å²) in [6.45, 7) is 2.07. The quantitative estimate of drug-likeness (QED) is 0.857. The number of carbonyl (C=O) groups excluding carboxylic acids is 1. The number of nitrogens with one attached hydrogen (secondary N) is 2. The lowest BCUT2D eigenvalue weighted by Gasteiger charge is -2.30. The number of nitrogens with zero attached hydrogens (tertiary/aromatic N) is 3. The van der Waals surface area contributed by atoms with Gasteiger partial charge in [0.15, 0.2) is 0 Å². The molecule has 0 atom stereocenters. The molecule has 1 aliphatic heterocycles. The van der Waals surface area contributed by atoms with Crippen LogP contribution >= 0.6 is 0 Å². The average Bonchev–Trinajstić information content (AvgIpc) is 2.66. The second-order valence-electron chi connectivity index (χ2n) is 6.65. The van der Waals surface area contributed by atoms with E-state index in [1.54, 1.807) is 19.2 Å². The zero-order valence-electron chi connectivity index (χ0n) is 15.1. The van der Waals surface area contributed by atoms with E-state index >= 15 is 0 Å². The van der Waals surface area contributed by atoms with Gasteiger partial charge in [-0.05, 0) is 50.7 Å². The van der Waals surface area contributed by atoms with Crippen LogP contribution in [0.4, 0.5) is 10.2 Å². The third-order valence-electron chi connectivity index (χ3n) is 4.65. The molecule has 1 aliphatic rings. The Bertz CT molecular complexity index is 757. The van der Waals surface area contributed by atoms with E-state index in [9.17, 15) is 9.18 Å². The van der Waals surface area contributed by atoms with Gasteiger partial charge in [-0.3, -0.25) is 4.79 Å². The zero-order chi connectivity index (χ0) is 18.5. The Balaban J connectivity index is 1.84. The van der Waals surface area contributed by atoms with E-state index in [0.717, 1.165) is 31.5 Å². The fraction of sp³-hybridized carbons (Fsp3) is 0.421. The number of hydrogen-bond donors (Lipinski definition) is 2. The molecule has 2 N–H and O–H groups in total. The van der Waals surface area contributed by atoms with Crippen molar-refractivity contribution in [2.45, 2.75) is 25.3 Å². The predicted octanol–water partition coefficient (Wildman–Crippen LogP) is 2.07. The number of rotatable bonds is 5. The second-order valence-corrected chi connectivity index (χ2v) is 6.65. The summed E-state index contributed by atoms with van der Waals surface area (Å²) in [5.74, 6) is 0.142. The number of halogens is 1. The first kappa shape index (κ1) is 18.3. The summed E-state index contributed by atoms with van der Waals surface area (Å²) in [5.41, 5.74) is 1.89. The van der Waals surface area contributed by atoms with Gasteiger partial charge in [0.25, 0.3) is 5.91 Å². The number of aromatic nitrogens is 2. The summed E-state index contributed by atoms with van der Waals surface area (Å²) in [6, 6.07) is 6.63. The molecule has 0 spiro atoms. The van der Waals surface area contributed by atoms with Crippen molar-refractivity contribution >= 4 is 11.7 Å². The van der Waals surface area contributed by atoms with Gasteiger partial charge in [0.1, 0.15) is 17.3 Å². The van der Waals surface area contributed by atoms with E-state index in [2.05, 4.69) is 32.5 Å². The molecule has 2 heterocycles. The summed E-state index contributed by atoms with van der Waals surface area (Å²) in [6.07, 6.45) is 4.04. The predicted molar refractivity (Wildman–Crippen MR) is 98.8 cm³/mol. The lowest BCUT2D eigenvalue weighted by atomic mass is 10.0. The Labute approximate surface area is 152 Å². The van der Waals surface area contributed by atoms with Crippen molar-refractivity contribution in [1.29, 1.82) is 0 Å². The fourth-order valence-electron chi connectivity index (χ4n) is 3.05. The highest BCUT2D eigenvalue weighted by Gasteiger charge is 2.19. The molecule has 6 nitrogen and oxygen atoms in total. The summed E-state index contributed by atoms with van der Waals surface area (Å²) in [4.78, 5) is 23.2. The van der Waals surface area contributed by atoms with Crippen molar-refractivity contribution in [2.24, 2.45) is 0 Å². The monoisotopic (exact) mass is 357 g/mol. The van der Waals surface area contributed by atoms with Gasteiger partial charge >= 0.3 is 0 Å². The van der Waals surface area contributed by atoms with Gasteiger partial charge in [-0.2, -0.15) is 0 Å². The molecule has 1 saturated heterocycles. The molecule has 1 aromatic carbocycles. The van der Waals surface area contributed by atoms with Crippen LogP contribution in [-0.4, -0.2) is 54.0 Å². The average molecular weight is 357 g/mol. The van der Waals surface area contributed by atoms with Gasteiger partial charge < -0.3 is 15.5 Å². The molecule has 2 aromatic rings. The topological polar surface area (TPSA) is 70.2 Å². The maximum Gasteiger partial charge on any atom is 0.271 e. The minimum atomic E-state index is -0.274. The smallest absolute Gasteiger partial charge is 0.271 e. The standard InChI is InChI=1S/C19H24FN5O/c1-21-19(26)17-12-22-18(23-15-7-9-25(2)10-8-15)16(24-17)11-13-3-5-14(20)6-4-13/h3-6,12,15H,7-11H2,1-2H3,(H,21,26)(H,22,23). The van der Waals surface area contributed by atoms with E-state index in [-0.39, 0.29) is 17.4 Å². The van der Waals surface area contributed by atoms with E-state index in [0.29, 0.717) is 24.0 Å². The van der Waals surface area contributed by atoms with Crippen LogP contribution in [-0.2, 0) is 6.42 Å². The van der Waals surface area contributed by atoms with Gasteiger partial charge in [-0.15, -0.1) is 0 Å². The Morgan fingerprint density at radius 1 is 1.27 bits per heavy atom. The summed E-state index contributed by atoms with van der Waals surface area (Å²) in [7, 11) is 3.68. The zero-order valence-corrected chi connectivity index (χ0v) is 15.1. The van der Waals surface area contributed by atoms with Crippen molar-refractivity contribution in [3.63, 3.8) is 0 Å². The van der Waals surface area contributed by atoms with Gasteiger partial charge in [0.2, 0.25) is 0 Å². The Morgan fingerprint density at radius 3 is 2.62 bits per heavy atom. The van der Waals surface area contributed by atoms with Crippen LogP contribution in [0.15, 0.2) is 30.5 Å². The normalized spacial score (nSPS) is 15.7. The molecule has 0 saturated carbocycles. The van der Waals surface area contributed by atoms with Crippen LogP contribution in [0.1, 0.15) is 34.6 Å². The van der Waals surface area contributed by atoms with Crippen molar-refractivity contribution in [3.05, 3.63) is 53.2 Å². The highest BCUT2D eigenvalue weighted by atomic mass is 19.1. The van der Waals surface area contributed by atoms with Crippen molar-refractivity contribution in [3.8, 4) is 0 Å². The van der Waals surface area contributed by atoms with E-state index in [4.69, 9.17) is 0 Å². The lowest BCUT2D eigenvalue weighted by Crippen LogP contribution is -2.37. The first-order chi connectivity index (χ1) is 12.5. The van der Waals surface area contributed by atoms with Gasteiger partial charge in [-0.25, -0.2) is 14.4 Å². The van der Waals surface area contributed by atoms with Crippen molar-refractivity contribution in [1.82, 2.24) is 20.2 Å². The molecule has 26 heavy (non-hydrogen) atoms. The minimum Gasteiger partial charge on any atom is -0.366 e. The number of benzene rings is 1. The molecule has 3 rings (SSSR count). The number of hydrogen-bond acceptors (Lipinski definition) is 5. The molecule has 7 heteroatoms.